The number of aromatic nitrogens is 2. The summed E-state index contributed by atoms with van der Waals surface area (Å²) in [5, 5.41) is 1.67. The molecule has 0 amide bonds. The fourth-order valence-electron chi connectivity index (χ4n) is 3.71. The fraction of sp³-hybridized carbons (Fsp3) is 0.364. The van der Waals surface area contributed by atoms with Crippen molar-refractivity contribution in [3.63, 3.8) is 0 Å². The average Bonchev–Trinajstić information content (AvgIpc) is 3.03. The van der Waals surface area contributed by atoms with Crippen LogP contribution >= 0.6 is 23.1 Å². The summed E-state index contributed by atoms with van der Waals surface area (Å²) in [6, 6.07) is 10.4. The van der Waals surface area contributed by atoms with E-state index in [1.54, 1.807) is 33.7 Å². The summed E-state index contributed by atoms with van der Waals surface area (Å²) in [4.78, 5) is 20.5. The lowest BCUT2D eigenvalue weighted by Gasteiger charge is -2.17. The fourth-order valence-corrected chi connectivity index (χ4v) is 6.13. The van der Waals surface area contributed by atoms with Crippen molar-refractivity contribution in [1.82, 2.24) is 9.55 Å². The van der Waals surface area contributed by atoms with E-state index in [0.29, 0.717) is 12.5 Å². The number of allylic oxidation sites excluding steroid dienone is 1. The van der Waals surface area contributed by atoms with Crippen LogP contribution in [0.4, 0.5) is 0 Å². The molecule has 1 aliphatic carbocycles. The van der Waals surface area contributed by atoms with Crippen molar-refractivity contribution >= 4 is 33.3 Å². The summed E-state index contributed by atoms with van der Waals surface area (Å²) in [7, 11) is 0. The first-order valence-electron chi connectivity index (χ1n) is 9.50. The predicted molar refractivity (Wildman–Crippen MR) is 116 cm³/mol. The van der Waals surface area contributed by atoms with Crippen LogP contribution in [-0.4, -0.2) is 15.3 Å². The molecule has 0 radical (unpaired) electrons. The number of benzene rings is 1. The summed E-state index contributed by atoms with van der Waals surface area (Å²) >= 11 is 3.39. The number of thioether (sulfide) groups is 1. The minimum atomic E-state index is 0.106. The van der Waals surface area contributed by atoms with Crippen LogP contribution < -0.4 is 5.56 Å². The van der Waals surface area contributed by atoms with E-state index < -0.39 is 0 Å². The smallest absolute Gasteiger partial charge is 0.263 e. The van der Waals surface area contributed by atoms with Gasteiger partial charge in [-0.05, 0) is 42.7 Å². The molecular formula is C22H24N2OS2. The third-order valence-corrected chi connectivity index (χ3v) is 7.28. The largest absolute Gasteiger partial charge is 0.283 e. The van der Waals surface area contributed by atoms with E-state index in [1.807, 2.05) is 6.07 Å². The number of rotatable bonds is 6. The zero-order valence-corrected chi connectivity index (χ0v) is 17.2. The first-order chi connectivity index (χ1) is 13.2. The van der Waals surface area contributed by atoms with Gasteiger partial charge in [0.15, 0.2) is 5.16 Å². The number of hydrogen-bond acceptors (Lipinski definition) is 4. The number of nitrogens with zero attached hydrogens (tertiary/aromatic N) is 2. The van der Waals surface area contributed by atoms with Crippen LogP contribution in [0.25, 0.3) is 10.2 Å². The number of thiophene rings is 1. The topological polar surface area (TPSA) is 34.9 Å². The van der Waals surface area contributed by atoms with Crippen molar-refractivity contribution in [2.24, 2.45) is 5.92 Å². The molecule has 0 saturated heterocycles. The molecule has 0 saturated carbocycles. The molecule has 1 aromatic carbocycles. The highest BCUT2D eigenvalue weighted by Gasteiger charge is 2.24. The summed E-state index contributed by atoms with van der Waals surface area (Å²) < 4.78 is 1.80. The average molecular weight is 397 g/mol. The van der Waals surface area contributed by atoms with Crippen LogP contribution in [-0.2, 0) is 25.8 Å². The molecular weight excluding hydrogens is 372 g/mol. The van der Waals surface area contributed by atoms with E-state index in [0.717, 1.165) is 46.8 Å². The van der Waals surface area contributed by atoms with Gasteiger partial charge in [0, 0.05) is 17.2 Å². The molecule has 0 aliphatic heterocycles. The summed E-state index contributed by atoms with van der Waals surface area (Å²) in [6.45, 7) is 6.64. The maximum absolute atomic E-state index is 13.3. The summed E-state index contributed by atoms with van der Waals surface area (Å²) in [5.41, 5.74) is 2.67. The molecule has 3 aromatic rings. The quantitative estimate of drug-likeness (QED) is 0.330. The third kappa shape index (κ3) is 3.76. The molecule has 5 heteroatoms. The Morgan fingerprint density at radius 2 is 2.19 bits per heavy atom. The van der Waals surface area contributed by atoms with E-state index >= 15 is 0 Å². The molecule has 0 fully saturated rings. The molecule has 2 heterocycles. The Bertz CT molecular complexity index is 1020. The van der Waals surface area contributed by atoms with Crippen molar-refractivity contribution in [1.29, 1.82) is 0 Å². The lowest BCUT2D eigenvalue weighted by Crippen LogP contribution is -2.23. The zero-order chi connectivity index (χ0) is 18.8. The van der Waals surface area contributed by atoms with Gasteiger partial charge in [0.05, 0.1) is 5.39 Å². The number of hydrogen-bond donors (Lipinski definition) is 0. The molecule has 27 heavy (non-hydrogen) atoms. The van der Waals surface area contributed by atoms with Crippen LogP contribution in [0.15, 0.2) is 52.9 Å². The van der Waals surface area contributed by atoms with Crippen LogP contribution in [0.5, 0.6) is 0 Å². The molecule has 0 spiro atoms. The van der Waals surface area contributed by atoms with E-state index in [4.69, 9.17) is 4.98 Å². The minimum absolute atomic E-state index is 0.106. The van der Waals surface area contributed by atoms with Gasteiger partial charge in [-0.25, -0.2) is 4.98 Å². The molecule has 0 N–H and O–H groups in total. The van der Waals surface area contributed by atoms with Crippen LogP contribution in [0.1, 0.15) is 29.3 Å². The van der Waals surface area contributed by atoms with Crippen LogP contribution in [0.2, 0.25) is 0 Å². The number of fused-ring (bicyclic) bond motifs is 3. The lowest BCUT2D eigenvalue weighted by atomic mass is 9.89. The standard InChI is InChI=1S/C22H24N2OS2/c1-3-12-24-21(25)19-17-10-9-15(2)14-18(17)27-20(19)23-22(24)26-13-11-16-7-5-4-6-8-16/h3-8,15H,1,9-14H2,2H3. The predicted octanol–water partition coefficient (Wildman–Crippen LogP) is 5.10. The molecule has 4 rings (SSSR count). The monoisotopic (exact) mass is 396 g/mol. The Kier molecular flexibility index (Phi) is 5.50. The molecule has 1 aliphatic rings. The Balaban J connectivity index is 1.68. The molecule has 2 aromatic heterocycles. The molecule has 3 nitrogen and oxygen atoms in total. The van der Waals surface area contributed by atoms with Crippen molar-refractivity contribution < 1.29 is 0 Å². The van der Waals surface area contributed by atoms with Crippen molar-refractivity contribution in [3.8, 4) is 0 Å². The molecule has 1 atom stereocenters. The van der Waals surface area contributed by atoms with Gasteiger partial charge in [0.2, 0.25) is 0 Å². The van der Waals surface area contributed by atoms with Gasteiger partial charge in [-0.3, -0.25) is 9.36 Å². The van der Waals surface area contributed by atoms with Gasteiger partial charge < -0.3 is 0 Å². The van der Waals surface area contributed by atoms with Gasteiger partial charge in [0.1, 0.15) is 4.83 Å². The minimum Gasteiger partial charge on any atom is -0.283 e. The summed E-state index contributed by atoms with van der Waals surface area (Å²) in [6.07, 6.45) is 5.99. The normalized spacial score (nSPS) is 16.4. The Morgan fingerprint density at radius 3 is 2.96 bits per heavy atom. The maximum atomic E-state index is 13.3. The van der Waals surface area contributed by atoms with E-state index in [-0.39, 0.29) is 5.56 Å². The van der Waals surface area contributed by atoms with Crippen molar-refractivity contribution in [3.05, 3.63) is 69.3 Å². The van der Waals surface area contributed by atoms with E-state index in [1.165, 1.54) is 16.0 Å². The van der Waals surface area contributed by atoms with Crippen LogP contribution in [0.3, 0.4) is 0 Å². The van der Waals surface area contributed by atoms with Gasteiger partial charge >= 0.3 is 0 Å². The lowest BCUT2D eigenvalue weighted by molar-refractivity contribution is 0.509. The van der Waals surface area contributed by atoms with Gasteiger partial charge in [-0.15, -0.1) is 17.9 Å². The first kappa shape index (κ1) is 18.5. The Morgan fingerprint density at radius 1 is 1.37 bits per heavy atom. The highest BCUT2D eigenvalue weighted by atomic mass is 32.2. The zero-order valence-electron chi connectivity index (χ0n) is 15.6. The third-order valence-electron chi connectivity index (χ3n) is 5.16. The molecule has 0 bridgehead atoms. The van der Waals surface area contributed by atoms with Gasteiger partial charge in [-0.2, -0.15) is 0 Å². The Labute approximate surface area is 168 Å². The first-order valence-corrected chi connectivity index (χ1v) is 11.3. The molecule has 140 valence electrons. The van der Waals surface area contributed by atoms with Gasteiger partial charge in [0.25, 0.3) is 5.56 Å². The van der Waals surface area contributed by atoms with Crippen LogP contribution in [0, 0.1) is 5.92 Å². The van der Waals surface area contributed by atoms with Crippen molar-refractivity contribution in [2.45, 2.75) is 44.3 Å². The van der Waals surface area contributed by atoms with Gasteiger partial charge in [-0.1, -0.05) is 55.1 Å². The second-order valence-corrected chi connectivity index (χ2v) is 9.36. The Hall–Kier alpha value is -1.85. The second-order valence-electron chi connectivity index (χ2n) is 7.21. The molecule has 1 unspecified atom stereocenters. The summed E-state index contributed by atoms with van der Waals surface area (Å²) in [5.74, 6) is 1.60. The second kappa shape index (κ2) is 8.03. The highest BCUT2D eigenvalue weighted by molar-refractivity contribution is 7.99. The SMILES string of the molecule is C=CCn1c(SCCc2ccccc2)nc2sc3c(c2c1=O)CCC(C)C3. The van der Waals surface area contributed by atoms with E-state index in [2.05, 4.69) is 37.8 Å². The van der Waals surface area contributed by atoms with E-state index in [9.17, 15) is 4.79 Å². The van der Waals surface area contributed by atoms with Crippen molar-refractivity contribution in [2.75, 3.05) is 5.75 Å². The number of aryl methyl sites for hydroxylation is 2. The maximum Gasteiger partial charge on any atom is 0.263 e. The highest BCUT2D eigenvalue weighted by Crippen LogP contribution is 2.36.